The van der Waals surface area contributed by atoms with E-state index in [0.717, 1.165) is 37.9 Å². The van der Waals surface area contributed by atoms with Crippen molar-refractivity contribution in [2.45, 2.75) is 57.9 Å². The molecule has 0 amide bonds. The van der Waals surface area contributed by atoms with Crippen LogP contribution in [0.4, 0.5) is 0 Å². The molecule has 2 N–H and O–H groups in total. The van der Waals surface area contributed by atoms with E-state index in [0.29, 0.717) is 0 Å². The number of guanidine groups is 1. The summed E-state index contributed by atoms with van der Waals surface area (Å²) in [6.45, 7) is 2.92. The molecule has 1 aromatic rings. The molecule has 0 saturated heterocycles. The van der Waals surface area contributed by atoms with Gasteiger partial charge in [-0.15, -0.1) is 0 Å². The van der Waals surface area contributed by atoms with Crippen molar-refractivity contribution in [3.05, 3.63) is 18.5 Å². The van der Waals surface area contributed by atoms with Gasteiger partial charge in [-0.2, -0.15) is 5.10 Å². The van der Waals surface area contributed by atoms with Crippen molar-refractivity contribution < 1.29 is 0 Å². The predicted molar refractivity (Wildman–Crippen MR) is 92.0 cm³/mol. The molecule has 1 aliphatic carbocycles. The first-order chi connectivity index (χ1) is 10.9. The van der Waals surface area contributed by atoms with E-state index in [1.807, 2.05) is 30.2 Å². The van der Waals surface area contributed by atoms with Crippen LogP contribution in [0.3, 0.4) is 0 Å². The topological polar surface area (TPSA) is 54.2 Å². The molecule has 0 bridgehead atoms. The minimum atomic E-state index is 0.808. The van der Waals surface area contributed by atoms with Crippen LogP contribution in [0.1, 0.15) is 51.4 Å². The van der Waals surface area contributed by atoms with Gasteiger partial charge in [-0.3, -0.25) is 9.67 Å². The van der Waals surface area contributed by atoms with Gasteiger partial charge < -0.3 is 10.6 Å². The summed E-state index contributed by atoms with van der Waals surface area (Å²) in [5.74, 6) is 1.74. The lowest BCUT2D eigenvalue weighted by molar-refractivity contribution is 0.375. The molecular weight excluding hydrogens is 274 g/mol. The first kappa shape index (κ1) is 16.8. The van der Waals surface area contributed by atoms with E-state index in [1.165, 1.54) is 44.9 Å². The minimum Gasteiger partial charge on any atom is -0.356 e. The van der Waals surface area contributed by atoms with Crippen LogP contribution in [-0.4, -0.2) is 35.9 Å². The summed E-state index contributed by atoms with van der Waals surface area (Å²) in [6.07, 6.45) is 14.6. The van der Waals surface area contributed by atoms with Gasteiger partial charge in [0.1, 0.15) is 0 Å². The Bertz CT molecular complexity index is 405. The molecular formula is C17H31N5. The fraction of sp³-hybridized carbons (Fsp3) is 0.765. The second-order valence-electron chi connectivity index (χ2n) is 6.21. The average molecular weight is 305 g/mol. The first-order valence-electron chi connectivity index (χ1n) is 8.80. The molecule has 1 aliphatic rings. The summed E-state index contributed by atoms with van der Waals surface area (Å²) < 4.78 is 1.96. The van der Waals surface area contributed by atoms with Crippen molar-refractivity contribution in [3.63, 3.8) is 0 Å². The van der Waals surface area contributed by atoms with Crippen molar-refractivity contribution >= 4 is 5.96 Å². The largest absolute Gasteiger partial charge is 0.356 e. The molecule has 1 saturated carbocycles. The first-order valence-corrected chi connectivity index (χ1v) is 8.80. The third-order valence-corrected chi connectivity index (χ3v) is 4.42. The second kappa shape index (κ2) is 10.2. The molecule has 22 heavy (non-hydrogen) atoms. The molecule has 0 unspecified atom stereocenters. The number of rotatable bonds is 6. The molecule has 1 fully saturated rings. The highest BCUT2D eigenvalue weighted by atomic mass is 15.3. The average Bonchev–Trinajstić information content (AvgIpc) is 3.01. The number of hydrogen-bond donors (Lipinski definition) is 2. The van der Waals surface area contributed by atoms with Crippen LogP contribution in [0.25, 0.3) is 0 Å². The Labute approximate surface area is 134 Å². The Kier molecular flexibility index (Phi) is 7.85. The van der Waals surface area contributed by atoms with E-state index in [-0.39, 0.29) is 0 Å². The van der Waals surface area contributed by atoms with Crippen molar-refractivity contribution in [3.8, 4) is 0 Å². The van der Waals surface area contributed by atoms with E-state index < -0.39 is 0 Å². The maximum Gasteiger partial charge on any atom is 0.190 e. The maximum atomic E-state index is 4.32. The fourth-order valence-corrected chi connectivity index (χ4v) is 3.09. The summed E-state index contributed by atoms with van der Waals surface area (Å²) in [6, 6.07) is 1.96. The highest BCUT2D eigenvalue weighted by molar-refractivity contribution is 5.79. The Hall–Kier alpha value is -1.52. The second-order valence-corrected chi connectivity index (χ2v) is 6.21. The van der Waals surface area contributed by atoms with Crippen LogP contribution < -0.4 is 10.6 Å². The summed E-state index contributed by atoms with van der Waals surface area (Å²) >= 11 is 0. The Morgan fingerprint density at radius 3 is 2.64 bits per heavy atom. The summed E-state index contributed by atoms with van der Waals surface area (Å²) in [4.78, 5) is 4.32. The van der Waals surface area contributed by atoms with E-state index in [4.69, 9.17) is 0 Å². The van der Waals surface area contributed by atoms with E-state index >= 15 is 0 Å². The van der Waals surface area contributed by atoms with Crippen LogP contribution in [0, 0.1) is 5.92 Å². The van der Waals surface area contributed by atoms with E-state index in [9.17, 15) is 0 Å². The zero-order chi connectivity index (χ0) is 15.5. The smallest absolute Gasteiger partial charge is 0.190 e. The van der Waals surface area contributed by atoms with Gasteiger partial charge in [0.15, 0.2) is 5.96 Å². The van der Waals surface area contributed by atoms with Crippen LogP contribution in [0.2, 0.25) is 0 Å². The van der Waals surface area contributed by atoms with Crippen molar-refractivity contribution in [2.75, 3.05) is 20.1 Å². The number of aliphatic imine (C=N–C) groups is 1. The zero-order valence-electron chi connectivity index (χ0n) is 13.9. The lowest BCUT2D eigenvalue weighted by atomic mass is 9.91. The molecule has 0 aromatic carbocycles. The molecule has 0 aliphatic heterocycles. The highest BCUT2D eigenvalue weighted by Crippen LogP contribution is 2.21. The third kappa shape index (κ3) is 6.50. The highest BCUT2D eigenvalue weighted by Gasteiger charge is 2.11. The maximum absolute atomic E-state index is 4.32. The van der Waals surface area contributed by atoms with Crippen molar-refractivity contribution in [2.24, 2.45) is 10.9 Å². The molecule has 124 valence electrons. The van der Waals surface area contributed by atoms with E-state index in [1.54, 1.807) is 0 Å². The number of aryl methyl sites for hydroxylation is 1. The van der Waals surface area contributed by atoms with Crippen LogP contribution in [0.15, 0.2) is 23.5 Å². The molecule has 5 nitrogen and oxygen atoms in total. The number of aromatic nitrogens is 2. The standard InChI is InChI=1S/C17H31N5/c1-18-17(19-11-7-13-22-14-8-12-21-22)20-15-16-9-5-3-2-4-6-10-16/h8,12,14,16H,2-7,9-11,13,15H2,1H3,(H2,18,19,20). The number of nitrogens with zero attached hydrogens (tertiary/aromatic N) is 3. The zero-order valence-corrected chi connectivity index (χ0v) is 13.9. The molecule has 0 spiro atoms. The van der Waals surface area contributed by atoms with Gasteiger partial charge in [-0.25, -0.2) is 0 Å². The van der Waals surface area contributed by atoms with Gasteiger partial charge in [0, 0.05) is 39.1 Å². The summed E-state index contributed by atoms with van der Waals surface area (Å²) in [5, 5.41) is 11.1. The summed E-state index contributed by atoms with van der Waals surface area (Å²) in [7, 11) is 1.85. The Morgan fingerprint density at radius 1 is 1.18 bits per heavy atom. The molecule has 1 heterocycles. The van der Waals surface area contributed by atoms with Crippen LogP contribution >= 0.6 is 0 Å². The molecule has 0 atom stereocenters. The Morgan fingerprint density at radius 2 is 1.95 bits per heavy atom. The monoisotopic (exact) mass is 305 g/mol. The lowest BCUT2D eigenvalue weighted by Crippen LogP contribution is -2.40. The molecule has 2 rings (SSSR count). The normalized spacial score (nSPS) is 17.8. The predicted octanol–water partition coefficient (Wildman–Crippen LogP) is 2.80. The molecule has 5 heteroatoms. The quantitative estimate of drug-likeness (QED) is 0.483. The van der Waals surface area contributed by atoms with Crippen molar-refractivity contribution in [1.29, 1.82) is 0 Å². The van der Waals surface area contributed by atoms with Crippen LogP contribution in [-0.2, 0) is 6.54 Å². The fourth-order valence-electron chi connectivity index (χ4n) is 3.09. The van der Waals surface area contributed by atoms with Gasteiger partial charge in [0.05, 0.1) is 0 Å². The van der Waals surface area contributed by atoms with E-state index in [2.05, 4.69) is 20.7 Å². The van der Waals surface area contributed by atoms with Gasteiger partial charge in [-0.05, 0) is 31.2 Å². The van der Waals surface area contributed by atoms with Crippen LogP contribution in [0.5, 0.6) is 0 Å². The minimum absolute atomic E-state index is 0.808. The summed E-state index contributed by atoms with van der Waals surface area (Å²) in [5.41, 5.74) is 0. The third-order valence-electron chi connectivity index (χ3n) is 4.42. The van der Waals surface area contributed by atoms with Gasteiger partial charge in [0.25, 0.3) is 0 Å². The number of hydrogen-bond acceptors (Lipinski definition) is 2. The molecule has 0 radical (unpaired) electrons. The van der Waals surface area contributed by atoms with Gasteiger partial charge >= 0.3 is 0 Å². The Balaban J connectivity index is 1.59. The number of nitrogens with one attached hydrogen (secondary N) is 2. The van der Waals surface area contributed by atoms with Crippen molar-refractivity contribution in [1.82, 2.24) is 20.4 Å². The van der Waals surface area contributed by atoms with Gasteiger partial charge in [0.2, 0.25) is 0 Å². The van der Waals surface area contributed by atoms with Gasteiger partial charge in [-0.1, -0.05) is 32.1 Å². The molecule has 1 aromatic heterocycles. The SMILES string of the molecule is CN=C(NCCCn1cccn1)NCC1CCCCCCC1. The lowest BCUT2D eigenvalue weighted by Gasteiger charge is -2.21.